The minimum Gasteiger partial charge on any atom is -0.324 e. The van der Waals surface area contributed by atoms with Gasteiger partial charge in [-0.2, -0.15) is 0 Å². The Morgan fingerprint density at radius 3 is 0.729 bits per heavy atom. The van der Waals surface area contributed by atoms with Crippen LogP contribution in [0, 0.1) is 46.5 Å². The van der Waals surface area contributed by atoms with E-state index in [0.717, 1.165) is 48.5 Å². The number of rotatable bonds is 0. The number of H-pyrrole nitrogens is 2. The highest BCUT2D eigenvalue weighted by atomic mass is 19.2. The Kier molecular flexibility index (Phi) is 5.59. The number of nitrogens with one attached hydrogen (secondary N) is 2. The summed E-state index contributed by atoms with van der Waals surface area (Å²) in [6.07, 6.45) is 0. The Labute approximate surface area is 259 Å². The highest BCUT2D eigenvalue weighted by Crippen LogP contribution is 2.41. The second-order valence-corrected chi connectivity index (χ2v) is 10.7. The molecule has 0 radical (unpaired) electrons. The molecule has 4 aromatic carbocycles. The summed E-state index contributed by atoms with van der Waals surface area (Å²) >= 11 is 0. The van der Waals surface area contributed by atoms with E-state index in [-0.39, 0.29) is 0 Å². The van der Waals surface area contributed by atoms with Crippen molar-refractivity contribution in [1.29, 1.82) is 0 Å². The van der Waals surface area contributed by atoms with Gasteiger partial charge in [-0.05, 0) is 48.5 Å². The van der Waals surface area contributed by atoms with Crippen LogP contribution in [-0.2, 0) is 0 Å². The van der Waals surface area contributed by atoms with Crippen LogP contribution in [0.15, 0.2) is 48.5 Å². The molecule has 0 aliphatic carbocycles. The summed E-state index contributed by atoms with van der Waals surface area (Å²) < 4.78 is 123. The van der Waals surface area contributed by atoms with Gasteiger partial charge in [-0.1, -0.05) is 0 Å². The number of benzene rings is 4. The summed E-state index contributed by atoms with van der Waals surface area (Å²) in [5.41, 5.74) is -3.93. The molecule has 8 nitrogen and oxygen atoms in total. The number of hydrogen-bond acceptors (Lipinski definition) is 6. The fraction of sp³-hybridized carbons (Fsp3) is 0. The van der Waals surface area contributed by atoms with Crippen molar-refractivity contribution in [3.8, 4) is 45.6 Å². The van der Waals surface area contributed by atoms with E-state index >= 15 is 35.1 Å². The van der Waals surface area contributed by atoms with Crippen LogP contribution in [0.5, 0.6) is 0 Å². The molecule has 0 atom stereocenters. The molecule has 0 fully saturated rings. The first-order valence-electron chi connectivity index (χ1n) is 13.8. The molecule has 0 unspecified atom stereocenters. The Bertz CT molecular complexity index is 2420. The van der Waals surface area contributed by atoms with Gasteiger partial charge < -0.3 is 9.97 Å². The smallest absolute Gasteiger partial charge is 0.167 e. The molecule has 3 aromatic heterocycles. The third-order valence-electron chi connectivity index (χ3n) is 8.02. The van der Waals surface area contributed by atoms with E-state index in [4.69, 9.17) is 0 Å². The van der Waals surface area contributed by atoms with E-state index in [1.54, 1.807) is 0 Å². The largest absolute Gasteiger partial charge is 0.324 e. The van der Waals surface area contributed by atoms with Crippen molar-refractivity contribution in [3.05, 3.63) is 95.1 Å². The number of fused-ring (bicyclic) bond motifs is 20. The molecule has 48 heavy (non-hydrogen) atoms. The average molecular weight is 658 g/mol. The summed E-state index contributed by atoms with van der Waals surface area (Å²) in [7, 11) is 0. The predicted octanol–water partition coefficient (Wildman–Crippen LogP) is 7.98. The van der Waals surface area contributed by atoms with Gasteiger partial charge in [0.25, 0.3) is 0 Å². The van der Waals surface area contributed by atoms with E-state index in [1.807, 2.05) is 0 Å². The molecule has 16 heteroatoms. The van der Waals surface area contributed by atoms with E-state index in [1.165, 1.54) is 0 Å². The maximum absolute atomic E-state index is 15.3. The molecule has 0 amide bonds. The molecule has 2 aliphatic rings. The van der Waals surface area contributed by atoms with Gasteiger partial charge >= 0.3 is 0 Å². The lowest BCUT2D eigenvalue weighted by atomic mass is 10.1. The zero-order chi connectivity index (χ0) is 33.2. The fourth-order valence-corrected chi connectivity index (χ4v) is 5.99. The van der Waals surface area contributed by atoms with Gasteiger partial charge in [0.15, 0.2) is 23.3 Å². The van der Waals surface area contributed by atoms with E-state index in [0.29, 0.717) is 0 Å². The Hall–Kier alpha value is -6.32. The molecule has 2 N–H and O–H groups in total. The number of aromatic nitrogens is 8. The lowest BCUT2D eigenvalue weighted by molar-refractivity contribution is 0.606. The van der Waals surface area contributed by atoms with Crippen LogP contribution in [0.4, 0.5) is 35.1 Å². The van der Waals surface area contributed by atoms with Gasteiger partial charge in [0.1, 0.15) is 69.1 Å². The quantitative estimate of drug-likeness (QED) is 0.160. The molecule has 0 spiro atoms. The van der Waals surface area contributed by atoms with E-state index in [2.05, 4.69) is 39.9 Å². The van der Waals surface area contributed by atoms with Crippen LogP contribution in [0.3, 0.4) is 0 Å². The van der Waals surface area contributed by atoms with Crippen molar-refractivity contribution in [2.45, 2.75) is 0 Å². The highest BCUT2D eigenvalue weighted by molar-refractivity contribution is 6.07. The van der Waals surface area contributed by atoms with Crippen LogP contribution in [0.1, 0.15) is 0 Å². The van der Waals surface area contributed by atoms with Crippen molar-refractivity contribution in [2.75, 3.05) is 0 Å². The van der Waals surface area contributed by atoms with E-state index < -0.39 is 136 Å². The Morgan fingerprint density at radius 1 is 0.292 bits per heavy atom. The highest BCUT2D eigenvalue weighted by Gasteiger charge is 2.30. The first-order chi connectivity index (χ1) is 23.1. The molecular weight excluding hydrogens is 648 g/mol. The summed E-state index contributed by atoms with van der Waals surface area (Å²) in [4.78, 5) is 30.3. The fourth-order valence-electron chi connectivity index (χ4n) is 5.99. The molecule has 2 aliphatic heterocycles. The first kappa shape index (κ1) is 27.9. The maximum Gasteiger partial charge on any atom is 0.167 e. The molecule has 0 saturated heterocycles. The minimum absolute atomic E-state index is 0.462. The monoisotopic (exact) mass is 658 g/mol. The van der Waals surface area contributed by atoms with Crippen LogP contribution >= 0.6 is 0 Å². The molecular formula is C32H10F8N8. The van der Waals surface area contributed by atoms with Crippen molar-refractivity contribution in [3.63, 3.8) is 0 Å². The molecule has 7 aromatic rings. The number of halogens is 8. The molecule has 8 bridgehead atoms. The Balaban J connectivity index is 1.57. The molecule has 234 valence electrons. The minimum atomic E-state index is -1.02. The average Bonchev–Trinajstić information content (AvgIpc) is 3.80. The summed E-state index contributed by atoms with van der Waals surface area (Å²) in [5, 5.41) is -1.97. The SMILES string of the molecule is Fc1ccc(F)c2c1-c1nc-2nc2[nH]c(nc3nc(nc4[nH]c(n1)c1c(F)ccc(F)c41)-c1c(F)ccc(F)c1-3)c1c(F)ccc(F)c21. The van der Waals surface area contributed by atoms with Gasteiger partial charge in [-0.25, -0.2) is 65.0 Å². The van der Waals surface area contributed by atoms with Gasteiger partial charge in [-0.15, -0.1) is 0 Å². The van der Waals surface area contributed by atoms with Crippen LogP contribution < -0.4 is 0 Å². The van der Waals surface area contributed by atoms with E-state index in [9.17, 15) is 0 Å². The second-order valence-electron chi connectivity index (χ2n) is 10.7. The topological polar surface area (TPSA) is 109 Å². The number of hydrogen-bond donors (Lipinski definition) is 2. The molecule has 5 heterocycles. The van der Waals surface area contributed by atoms with Crippen molar-refractivity contribution in [2.24, 2.45) is 0 Å². The zero-order valence-corrected chi connectivity index (χ0v) is 23.3. The third-order valence-corrected chi connectivity index (χ3v) is 8.02. The summed E-state index contributed by atoms with van der Waals surface area (Å²) in [6, 6.07) is 6.29. The third kappa shape index (κ3) is 3.76. The van der Waals surface area contributed by atoms with Crippen LogP contribution in [0.25, 0.3) is 89.7 Å². The lowest BCUT2D eigenvalue weighted by Crippen LogP contribution is -1.91. The standard InChI is InChI=1S/C32H10F8N8/c33-9-1-2-10(34)18-17(9)25-41-26(18)46-28-21-13(37)5-6-14(38)22(21)30(43-28)48-32-24-16(40)8-7-15(39)23(24)31(44-32)47-29-20-12(36)4-3-11(35)19(20)27(42-29)45-25/h1-8H,(H2,41,42,43,44,45,46,47,48). The first-order valence-corrected chi connectivity index (χ1v) is 13.8. The number of nitrogens with zero attached hydrogens (tertiary/aromatic N) is 6. The van der Waals surface area contributed by atoms with Crippen molar-refractivity contribution >= 4 is 44.1 Å². The second kappa shape index (κ2) is 9.60. The molecule has 0 saturated carbocycles. The maximum atomic E-state index is 15.3. The van der Waals surface area contributed by atoms with Gasteiger partial charge in [-0.3, -0.25) is 0 Å². The lowest BCUT2D eigenvalue weighted by Gasteiger charge is -2.01. The predicted molar refractivity (Wildman–Crippen MR) is 156 cm³/mol. The number of aromatic amines is 2. The molecule has 9 rings (SSSR count). The van der Waals surface area contributed by atoms with Crippen LogP contribution in [0.2, 0.25) is 0 Å². The summed E-state index contributed by atoms with van der Waals surface area (Å²) in [5.74, 6) is -10.3. The van der Waals surface area contributed by atoms with Gasteiger partial charge in [0, 0.05) is 0 Å². The Morgan fingerprint density at radius 2 is 0.500 bits per heavy atom. The van der Waals surface area contributed by atoms with Crippen molar-refractivity contribution in [1.82, 2.24) is 39.9 Å². The normalized spacial score (nSPS) is 12.2. The van der Waals surface area contributed by atoms with Crippen molar-refractivity contribution < 1.29 is 35.1 Å². The van der Waals surface area contributed by atoms with Crippen LogP contribution in [-0.4, -0.2) is 39.9 Å². The zero-order valence-electron chi connectivity index (χ0n) is 23.3. The van der Waals surface area contributed by atoms with Gasteiger partial charge in [0.2, 0.25) is 0 Å². The summed E-state index contributed by atoms with van der Waals surface area (Å²) in [6.45, 7) is 0. The van der Waals surface area contributed by atoms with Gasteiger partial charge in [0.05, 0.1) is 43.8 Å².